The van der Waals surface area contributed by atoms with Crippen molar-refractivity contribution in [3.63, 3.8) is 0 Å². The number of nitro groups is 1. The van der Waals surface area contributed by atoms with E-state index in [4.69, 9.17) is 9.47 Å². The van der Waals surface area contributed by atoms with Crippen molar-refractivity contribution in [3.8, 4) is 11.5 Å². The smallest absolute Gasteiger partial charge is 0.335 e. The van der Waals surface area contributed by atoms with Gasteiger partial charge in [0.1, 0.15) is 12.2 Å². The summed E-state index contributed by atoms with van der Waals surface area (Å²) < 4.78 is 12.2. The summed E-state index contributed by atoms with van der Waals surface area (Å²) >= 11 is 3.47. The summed E-state index contributed by atoms with van der Waals surface area (Å²) in [7, 11) is 0. The number of urea groups is 1. The monoisotopic (exact) mass is 593 g/mol. The van der Waals surface area contributed by atoms with Crippen LogP contribution < -0.4 is 19.7 Å². The molecule has 10 nitrogen and oxygen atoms in total. The van der Waals surface area contributed by atoms with E-state index in [0.717, 1.165) is 10.5 Å². The molecule has 1 saturated heterocycles. The third-order valence-corrected chi connectivity index (χ3v) is 6.46. The van der Waals surface area contributed by atoms with Gasteiger partial charge in [-0.15, -0.1) is 0 Å². The molecule has 1 N–H and O–H groups in total. The number of hydrogen-bond acceptors (Lipinski definition) is 7. The van der Waals surface area contributed by atoms with Gasteiger partial charge in [0, 0.05) is 12.1 Å². The molecular weight excluding hydrogens is 570 g/mol. The summed E-state index contributed by atoms with van der Waals surface area (Å²) in [4.78, 5) is 50.0. The van der Waals surface area contributed by atoms with Crippen molar-refractivity contribution in [1.29, 1.82) is 0 Å². The van der Waals surface area contributed by atoms with E-state index in [-0.39, 0.29) is 17.9 Å². The van der Waals surface area contributed by atoms with Crippen LogP contribution in [0.2, 0.25) is 0 Å². The van der Waals surface area contributed by atoms with Crippen LogP contribution in [0, 0.1) is 24.0 Å². The SMILES string of the molecule is CCOc1cc(/C=C2\C(=O)NC(=O)N(c3ccc(C)cc3C)C2=O)cc(Br)c1OCc1ccc([N+](=O)[O-])cc1. The second kappa shape index (κ2) is 11.5. The molecule has 0 aromatic heterocycles. The van der Waals surface area contributed by atoms with E-state index < -0.39 is 22.8 Å². The molecule has 0 unspecified atom stereocenters. The maximum absolute atomic E-state index is 13.3. The number of non-ortho nitro benzene ring substituents is 1. The molecule has 0 spiro atoms. The molecule has 4 rings (SSSR count). The number of amides is 4. The van der Waals surface area contributed by atoms with E-state index in [1.54, 1.807) is 50.2 Å². The number of hydrogen-bond donors (Lipinski definition) is 1. The van der Waals surface area contributed by atoms with E-state index in [2.05, 4.69) is 21.2 Å². The van der Waals surface area contributed by atoms with Gasteiger partial charge in [-0.1, -0.05) is 17.7 Å². The molecule has 0 aliphatic carbocycles. The number of nitrogens with zero attached hydrogens (tertiary/aromatic N) is 2. The van der Waals surface area contributed by atoms with Crippen molar-refractivity contribution in [2.45, 2.75) is 27.4 Å². The minimum atomic E-state index is -0.819. The van der Waals surface area contributed by atoms with Crippen LogP contribution in [0.5, 0.6) is 11.5 Å². The van der Waals surface area contributed by atoms with Gasteiger partial charge in [0.2, 0.25) is 0 Å². The maximum atomic E-state index is 13.3. The van der Waals surface area contributed by atoms with Crippen molar-refractivity contribution in [2.75, 3.05) is 11.5 Å². The molecule has 11 heteroatoms. The predicted octanol–water partition coefficient (Wildman–Crippen LogP) is 5.62. The number of nitrogens with one attached hydrogen (secondary N) is 1. The minimum Gasteiger partial charge on any atom is -0.490 e. The number of nitro benzene ring substituents is 1. The molecule has 1 aliphatic heterocycles. The Hall–Kier alpha value is -4.51. The van der Waals surface area contributed by atoms with Gasteiger partial charge in [-0.05, 0) is 89.8 Å². The summed E-state index contributed by atoms with van der Waals surface area (Å²) in [5.74, 6) is -0.822. The molecule has 0 bridgehead atoms. The summed E-state index contributed by atoms with van der Waals surface area (Å²) in [5, 5.41) is 13.1. The van der Waals surface area contributed by atoms with E-state index in [0.29, 0.717) is 45.0 Å². The number of barbiturate groups is 1. The Morgan fingerprint density at radius 3 is 2.38 bits per heavy atom. The van der Waals surface area contributed by atoms with Crippen LogP contribution in [0.15, 0.2) is 64.6 Å². The number of imide groups is 2. The van der Waals surface area contributed by atoms with Crippen LogP contribution in [0.3, 0.4) is 0 Å². The second-order valence-corrected chi connectivity index (χ2v) is 9.58. The quantitative estimate of drug-likeness (QED) is 0.155. The highest BCUT2D eigenvalue weighted by atomic mass is 79.9. The highest BCUT2D eigenvalue weighted by Gasteiger charge is 2.37. The summed E-state index contributed by atoms with van der Waals surface area (Å²) in [6.45, 7) is 5.91. The second-order valence-electron chi connectivity index (χ2n) is 8.72. The summed E-state index contributed by atoms with van der Waals surface area (Å²) in [6.07, 6.45) is 1.38. The van der Waals surface area contributed by atoms with Crippen LogP contribution >= 0.6 is 15.9 Å². The standard InChI is InChI=1S/C28H24BrN3O7/c1-4-38-24-14-19(13-22(29)25(24)39-15-18-6-8-20(9-7-18)32(36)37)12-21-26(33)30-28(35)31(27(21)34)23-10-5-16(2)11-17(23)3/h5-14H,4,15H2,1-3H3,(H,30,33,35)/b21-12+. The molecule has 200 valence electrons. The normalized spacial score (nSPS) is 14.4. The number of anilines is 1. The molecule has 0 saturated carbocycles. The lowest BCUT2D eigenvalue weighted by Crippen LogP contribution is -2.54. The number of benzene rings is 3. The molecule has 1 fully saturated rings. The van der Waals surface area contributed by atoms with Crippen molar-refractivity contribution in [3.05, 3.63) is 97.0 Å². The Morgan fingerprint density at radius 1 is 1.03 bits per heavy atom. The summed E-state index contributed by atoms with van der Waals surface area (Å²) in [6, 6.07) is 13.7. The highest BCUT2D eigenvalue weighted by molar-refractivity contribution is 9.10. The number of carbonyl (C=O) groups excluding carboxylic acids is 3. The van der Waals surface area contributed by atoms with E-state index in [1.165, 1.54) is 18.2 Å². The fourth-order valence-corrected chi connectivity index (χ4v) is 4.62. The highest BCUT2D eigenvalue weighted by Crippen LogP contribution is 2.38. The third kappa shape index (κ3) is 5.99. The molecule has 3 aromatic rings. The van der Waals surface area contributed by atoms with Crippen molar-refractivity contribution in [1.82, 2.24) is 5.32 Å². The fourth-order valence-electron chi connectivity index (χ4n) is 4.04. The van der Waals surface area contributed by atoms with Crippen LogP contribution in [0.25, 0.3) is 6.08 Å². The Morgan fingerprint density at radius 2 is 1.74 bits per heavy atom. The largest absolute Gasteiger partial charge is 0.490 e. The van der Waals surface area contributed by atoms with Gasteiger partial charge in [-0.25, -0.2) is 9.69 Å². The molecule has 4 amide bonds. The first-order chi connectivity index (χ1) is 18.6. The first-order valence-electron chi connectivity index (χ1n) is 11.9. The van der Waals surface area contributed by atoms with Gasteiger partial charge in [0.15, 0.2) is 11.5 Å². The van der Waals surface area contributed by atoms with Crippen LogP contribution in [0.1, 0.15) is 29.2 Å². The number of carbonyl (C=O) groups is 3. The number of rotatable bonds is 8. The maximum Gasteiger partial charge on any atom is 0.335 e. The lowest BCUT2D eigenvalue weighted by molar-refractivity contribution is -0.384. The van der Waals surface area contributed by atoms with E-state index >= 15 is 0 Å². The van der Waals surface area contributed by atoms with Crippen LogP contribution in [-0.2, 0) is 16.2 Å². The van der Waals surface area contributed by atoms with Crippen LogP contribution in [0.4, 0.5) is 16.2 Å². The lowest BCUT2D eigenvalue weighted by atomic mass is 10.0. The van der Waals surface area contributed by atoms with Gasteiger partial charge in [0.05, 0.1) is 21.7 Å². The molecule has 1 heterocycles. The Labute approximate surface area is 232 Å². The average Bonchev–Trinajstić information content (AvgIpc) is 2.87. The Bertz CT molecular complexity index is 1520. The molecule has 0 radical (unpaired) electrons. The average molecular weight is 594 g/mol. The van der Waals surface area contributed by atoms with Crippen molar-refractivity contribution in [2.24, 2.45) is 0 Å². The minimum absolute atomic E-state index is 0.0218. The van der Waals surface area contributed by atoms with Gasteiger partial charge in [-0.2, -0.15) is 0 Å². The molecule has 0 atom stereocenters. The predicted molar refractivity (Wildman–Crippen MR) is 148 cm³/mol. The first-order valence-corrected chi connectivity index (χ1v) is 12.7. The Balaban J connectivity index is 1.64. The third-order valence-electron chi connectivity index (χ3n) is 5.87. The van der Waals surface area contributed by atoms with E-state index in [9.17, 15) is 24.5 Å². The van der Waals surface area contributed by atoms with Gasteiger partial charge >= 0.3 is 6.03 Å². The van der Waals surface area contributed by atoms with Gasteiger partial charge in [-0.3, -0.25) is 25.0 Å². The lowest BCUT2D eigenvalue weighted by Gasteiger charge is -2.27. The Kier molecular flexibility index (Phi) is 8.10. The van der Waals surface area contributed by atoms with Crippen molar-refractivity contribution < 1.29 is 28.8 Å². The summed E-state index contributed by atoms with van der Waals surface area (Å²) in [5.41, 5.74) is 2.99. The number of ether oxygens (including phenoxy) is 2. The molecule has 39 heavy (non-hydrogen) atoms. The zero-order chi connectivity index (χ0) is 28.3. The van der Waals surface area contributed by atoms with Crippen molar-refractivity contribution >= 4 is 51.2 Å². The number of halogens is 1. The van der Waals surface area contributed by atoms with Gasteiger partial charge in [0.25, 0.3) is 17.5 Å². The van der Waals surface area contributed by atoms with E-state index in [1.807, 2.05) is 13.0 Å². The topological polar surface area (TPSA) is 128 Å². The molecule has 1 aliphatic rings. The number of aryl methyl sites for hydroxylation is 2. The van der Waals surface area contributed by atoms with Gasteiger partial charge < -0.3 is 9.47 Å². The zero-order valence-electron chi connectivity index (χ0n) is 21.3. The van der Waals surface area contributed by atoms with Crippen LogP contribution in [-0.4, -0.2) is 29.4 Å². The molecule has 3 aromatic carbocycles. The first kappa shape index (κ1) is 27.5. The molecular formula is C28H24BrN3O7. The fraction of sp³-hybridized carbons (Fsp3) is 0.179. The zero-order valence-corrected chi connectivity index (χ0v) is 22.9.